The molecule has 2 amide bonds. The predicted octanol–water partition coefficient (Wildman–Crippen LogP) is 7.38. The molecule has 7 heteroatoms. The number of nitrogens with zero attached hydrogens (tertiary/aromatic N) is 1. The SMILES string of the molecule is C[C@@](Cc1c[nH]c2ccccc12)(NC(=O)OCc1cccc2ccccc12)C(=O)NC(c1ccccn1)C1CCCCC1. The molecule has 2 heterocycles. The first-order valence-electron chi connectivity index (χ1n) is 15.2. The van der Waals surface area contributed by atoms with E-state index >= 15 is 0 Å². The number of rotatable bonds is 9. The summed E-state index contributed by atoms with van der Waals surface area (Å²) in [6, 6.07) is 27.5. The van der Waals surface area contributed by atoms with Crippen LogP contribution in [0.1, 0.15) is 61.9 Å². The van der Waals surface area contributed by atoms with Crippen LogP contribution in [0.25, 0.3) is 21.7 Å². The van der Waals surface area contributed by atoms with E-state index in [2.05, 4.69) is 20.6 Å². The van der Waals surface area contributed by atoms with E-state index in [0.717, 1.165) is 64.2 Å². The Morgan fingerprint density at radius 1 is 0.907 bits per heavy atom. The molecule has 1 unspecified atom stereocenters. The molecule has 0 saturated heterocycles. The molecule has 0 radical (unpaired) electrons. The van der Waals surface area contributed by atoms with Gasteiger partial charge in [-0.2, -0.15) is 0 Å². The summed E-state index contributed by atoms with van der Waals surface area (Å²) < 4.78 is 5.74. The number of ether oxygens (including phenoxy) is 1. The van der Waals surface area contributed by atoms with Crippen LogP contribution in [0, 0.1) is 5.92 Å². The number of carbonyl (C=O) groups excluding carboxylic acids is 2. The van der Waals surface area contributed by atoms with Gasteiger partial charge in [-0.25, -0.2) is 4.79 Å². The van der Waals surface area contributed by atoms with Crippen LogP contribution in [-0.2, 0) is 22.6 Å². The Morgan fingerprint density at radius 2 is 1.65 bits per heavy atom. The molecule has 7 nitrogen and oxygen atoms in total. The second-order valence-electron chi connectivity index (χ2n) is 11.8. The van der Waals surface area contributed by atoms with Crippen LogP contribution in [0.15, 0.2) is 97.3 Å². The minimum absolute atomic E-state index is 0.0939. The zero-order valence-electron chi connectivity index (χ0n) is 24.5. The molecule has 0 bridgehead atoms. The largest absolute Gasteiger partial charge is 0.445 e. The van der Waals surface area contributed by atoms with Gasteiger partial charge in [0.15, 0.2) is 0 Å². The Labute approximate surface area is 252 Å². The summed E-state index contributed by atoms with van der Waals surface area (Å²) in [4.78, 5) is 35.6. The van der Waals surface area contributed by atoms with Crippen molar-refractivity contribution < 1.29 is 14.3 Å². The van der Waals surface area contributed by atoms with Crippen LogP contribution in [0.3, 0.4) is 0 Å². The summed E-state index contributed by atoms with van der Waals surface area (Å²) in [5, 5.41) is 9.42. The van der Waals surface area contributed by atoms with E-state index in [0.29, 0.717) is 0 Å². The average molecular weight is 575 g/mol. The van der Waals surface area contributed by atoms with Gasteiger partial charge in [0, 0.05) is 29.7 Å². The highest BCUT2D eigenvalue weighted by Gasteiger charge is 2.39. The fraction of sp³-hybridized carbons (Fsp3) is 0.306. The number of aromatic nitrogens is 2. The number of para-hydroxylation sites is 1. The molecule has 5 aromatic rings. The molecular weight excluding hydrogens is 536 g/mol. The fourth-order valence-corrected chi connectivity index (χ4v) is 6.42. The maximum absolute atomic E-state index is 14.3. The number of hydrogen-bond donors (Lipinski definition) is 3. The van der Waals surface area contributed by atoms with Crippen molar-refractivity contribution >= 4 is 33.7 Å². The number of H-pyrrole nitrogens is 1. The molecular formula is C36H38N4O3. The molecule has 1 aliphatic carbocycles. The van der Waals surface area contributed by atoms with Crippen molar-refractivity contribution in [3.8, 4) is 0 Å². The van der Waals surface area contributed by atoms with Crippen molar-refractivity contribution in [2.24, 2.45) is 5.92 Å². The van der Waals surface area contributed by atoms with E-state index in [-0.39, 0.29) is 30.9 Å². The molecule has 3 N–H and O–H groups in total. The number of fused-ring (bicyclic) bond motifs is 2. The minimum Gasteiger partial charge on any atom is -0.445 e. The minimum atomic E-state index is -1.29. The van der Waals surface area contributed by atoms with Crippen molar-refractivity contribution in [2.75, 3.05) is 0 Å². The summed E-state index contributed by atoms with van der Waals surface area (Å²) in [5.41, 5.74) is 2.38. The van der Waals surface area contributed by atoms with E-state index in [1.54, 1.807) is 13.1 Å². The van der Waals surface area contributed by atoms with Crippen molar-refractivity contribution in [1.82, 2.24) is 20.6 Å². The average Bonchev–Trinajstić information content (AvgIpc) is 3.45. The van der Waals surface area contributed by atoms with Crippen LogP contribution in [0.2, 0.25) is 0 Å². The fourth-order valence-electron chi connectivity index (χ4n) is 6.42. The number of aromatic amines is 1. The Hall–Kier alpha value is -4.65. The van der Waals surface area contributed by atoms with Gasteiger partial charge in [0.2, 0.25) is 5.91 Å². The van der Waals surface area contributed by atoms with Gasteiger partial charge in [-0.1, -0.05) is 86.0 Å². The van der Waals surface area contributed by atoms with Gasteiger partial charge in [-0.05, 0) is 65.8 Å². The third-order valence-electron chi connectivity index (χ3n) is 8.75. The first-order valence-corrected chi connectivity index (χ1v) is 15.2. The third-order valence-corrected chi connectivity index (χ3v) is 8.75. The lowest BCUT2D eigenvalue weighted by molar-refractivity contribution is -0.128. The zero-order chi connectivity index (χ0) is 29.6. The summed E-state index contributed by atoms with van der Waals surface area (Å²) in [7, 11) is 0. The molecule has 0 aliphatic heterocycles. The monoisotopic (exact) mass is 574 g/mol. The smallest absolute Gasteiger partial charge is 0.408 e. The van der Waals surface area contributed by atoms with E-state index in [9.17, 15) is 9.59 Å². The number of hydrogen-bond acceptors (Lipinski definition) is 4. The standard InChI is InChI=1S/C36H38N4O3/c1-36(22-28-23-38-31-19-8-7-18-30(28)31,40-35(42)43-24-27-16-11-15-25-12-5-6-17-29(25)27)34(41)39-33(26-13-3-2-4-14-26)32-20-9-10-21-37-32/h5-12,15-21,23,26,33,38H,2-4,13-14,22,24H2,1H3,(H,39,41)(H,40,42)/t33?,36-/m0/s1. The van der Waals surface area contributed by atoms with Crippen LogP contribution in [-0.4, -0.2) is 27.5 Å². The third kappa shape index (κ3) is 6.41. The van der Waals surface area contributed by atoms with Gasteiger partial charge in [-0.3, -0.25) is 9.78 Å². The molecule has 1 saturated carbocycles. The van der Waals surface area contributed by atoms with Crippen LogP contribution in [0.4, 0.5) is 4.79 Å². The first kappa shape index (κ1) is 28.5. The van der Waals surface area contributed by atoms with Gasteiger partial charge in [-0.15, -0.1) is 0 Å². The number of benzene rings is 3. The van der Waals surface area contributed by atoms with Crippen molar-refractivity contribution in [1.29, 1.82) is 0 Å². The van der Waals surface area contributed by atoms with Crippen molar-refractivity contribution in [3.63, 3.8) is 0 Å². The van der Waals surface area contributed by atoms with Crippen molar-refractivity contribution in [2.45, 2.75) is 63.6 Å². The van der Waals surface area contributed by atoms with Gasteiger partial charge in [0.25, 0.3) is 0 Å². The second kappa shape index (κ2) is 12.7. The number of alkyl carbamates (subject to hydrolysis) is 1. The molecule has 3 aromatic carbocycles. The molecule has 6 rings (SSSR count). The topological polar surface area (TPSA) is 96.1 Å². The number of pyridine rings is 1. The Morgan fingerprint density at radius 3 is 2.47 bits per heavy atom. The van der Waals surface area contributed by atoms with E-state index in [4.69, 9.17) is 4.74 Å². The highest BCUT2D eigenvalue weighted by Crippen LogP contribution is 2.34. The van der Waals surface area contributed by atoms with E-state index in [1.165, 1.54) is 6.42 Å². The number of amides is 2. The van der Waals surface area contributed by atoms with Crippen LogP contribution >= 0.6 is 0 Å². The van der Waals surface area contributed by atoms with Crippen molar-refractivity contribution in [3.05, 3.63) is 114 Å². The van der Waals surface area contributed by atoms with Crippen LogP contribution in [0.5, 0.6) is 0 Å². The lowest BCUT2D eigenvalue weighted by Gasteiger charge is -2.35. The van der Waals surface area contributed by atoms with Gasteiger partial charge < -0.3 is 20.4 Å². The zero-order valence-corrected chi connectivity index (χ0v) is 24.5. The summed E-state index contributed by atoms with van der Waals surface area (Å²) in [6.07, 6.45) is 8.86. The highest BCUT2D eigenvalue weighted by molar-refractivity contribution is 5.92. The molecule has 2 atom stereocenters. The maximum Gasteiger partial charge on any atom is 0.408 e. The molecule has 220 valence electrons. The van der Waals surface area contributed by atoms with E-state index < -0.39 is 11.6 Å². The van der Waals surface area contributed by atoms with Gasteiger partial charge >= 0.3 is 6.09 Å². The molecule has 1 aliphatic rings. The lowest BCUT2D eigenvalue weighted by atomic mass is 9.81. The Bertz CT molecular complexity index is 1700. The van der Waals surface area contributed by atoms with Gasteiger partial charge in [0.05, 0.1) is 11.7 Å². The summed E-state index contributed by atoms with van der Waals surface area (Å²) >= 11 is 0. The normalized spacial score (nSPS) is 15.9. The summed E-state index contributed by atoms with van der Waals surface area (Å²) in [6.45, 7) is 1.87. The molecule has 0 spiro atoms. The Kier molecular flexibility index (Phi) is 8.40. The van der Waals surface area contributed by atoms with E-state index in [1.807, 2.05) is 91.1 Å². The highest BCUT2D eigenvalue weighted by atomic mass is 16.5. The van der Waals surface area contributed by atoms with Gasteiger partial charge in [0.1, 0.15) is 12.1 Å². The second-order valence-corrected chi connectivity index (χ2v) is 11.8. The molecule has 43 heavy (non-hydrogen) atoms. The lowest BCUT2D eigenvalue weighted by Crippen LogP contribution is -2.59. The van der Waals surface area contributed by atoms with Crippen LogP contribution < -0.4 is 10.6 Å². The number of nitrogens with one attached hydrogen (secondary N) is 3. The first-order chi connectivity index (χ1) is 21.0. The Balaban J connectivity index is 1.26. The summed E-state index contributed by atoms with van der Waals surface area (Å²) in [5.74, 6) is 0.0179. The molecule has 1 fully saturated rings. The maximum atomic E-state index is 14.3. The number of carbonyl (C=O) groups is 2. The molecule has 2 aromatic heterocycles. The predicted molar refractivity (Wildman–Crippen MR) is 169 cm³/mol. The quantitative estimate of drug-likeness (QED) is 0.171.